The van der Waals surface area contributed by atoms with Gasteiger partial charge in [-0.25, -0.2) is 4.98 Å². The highest BCUT2D eigenvalue weighted by Gasteiger charge is 2.26. The zero-order chi connectivity index (χ0) is 11.5. The van der Waals surface area contributed by atoms with E-state index in [2.05, 4.69) is 4.98 Å². The number of aryl methyl sites for hydroxylation is 1. The van der Waals surface area contributed by atoms with Crippen molar-refractivity contribution >= 4 is 17.6 Å². The van der Waals surface area contributed by atoms with E-state index in [1.165, 1.54) is 0 Å². The first-order valence-electron chi connectivity index (χ1n) is 5.36. The standard InChI is InChI=1S/C11H17N3OS/c1-7-2-3-14-11(13)9(7)10(12)8-6-16-5-4-15-8/h2-3,8,10H,4-6,12H2,1H3,(H2,13,14). The molecule has 1 aliphatic heterocycles. The number of rotatable bonds is 2. The van der Waals surface area contributed by atoms with Crippen molar-refractivity contribution in [1.29, 1.82) is 0 Å². The molecule has 2 heterocycles. The quantitative estimate of drug-likeness (QED) is 0.808. The Balaban J connectivity index is 2.22. The monoisotopic (exact) mass is 239 g/mol. The van der Waals surface area contributed by atoms with Crippen LogP contribution in [0, 0.1) is 6.92 Å². The van der Waals surface area contributed by atoms with Gasteiger partial charge in [0, 0.05) is 23.3 Å². The Kier molecular flexibility index (Phi) is 3.68. The van der Waals surface area contributed by atoms with Crippen LogP contribution in [-0.4, -0.2) is 29.2 Å². The molecule has 1 aliphatic rings. The SMILES string of the molecule is Cc1ccnc(N)c1C(N)C1CSCCO1. The van der Waals surface area contributed by atoms with Crippen molar-refractivity contribution in [2.24, 2.45) is 5.73 Å². The summed E-state index contributed by atoms with van der Waals surface area (Å²) in [6.45, 7) is 2.77. The number of nitrogen functional groups attached to an aromatic ring is 1. The fourth-order valence-electron chi connectivity index (χ4n) is 1.92. The molecule has 0 spiro atoms. The maximum Gasteiger partial charge on any atom is 0.128 e. The summed E-state index contributed by atoms with van der Waals surface area (Å²) in [4.78, 5) is 4.09. The van der Waals surface area contributed by atoms with E-state index in [1.54, 1.807) is 6.20 Å². The smallest absolute Gasteiger partial charge is 0.128 e. The van der Waals surface area contributed by atoms with Crippen molar-refractivity contribution in [3.63, 3.8) is 0 Å². The van der Waals surface area contributed by atoms with Crippen LogP contribution < -0.4 is 11.5 Å². The van der Waals surface area contributed by atoms with Crippen LogP contribution in [0.4, 0.5) is 5.82 Å². The van der Waals surface area contributed by atoms with E-state index in [9.17, 15) is 0 Å². The van der Waals surface area contributed by atoms with E-state index in [0.29, 0.717) is 5.82 Å². The molecule has 2 atom stereocenters. The molecule has 0 saturated carbocycles. The first-order chi connectivity index (χ1) is 7.70. The highest BCUT2D eigenvalue weighted by Crippen LogP contribution is 2.28. The molecule has 0 amide bonds. The Labute approximate surface area is 99.8 Å². The largest absolute Gasteiger partial charge is 0.383 e. The summed E-state index contributed by atoms with van der Waals surface area (Å²) in [5.74, 6) is 2.49. The Bertz CT molecular complexity index is 346. The number of hydrogen-bond donors (Lipinski definition) is 2. The summed E-state index contributed by atoms with van der Waals surface area (Å²) in [6.07, 6.45) is 1.75. The lowest BCUT2D eigenvalue weighted by Crippen LogP contribution is -2.35. The Hall–Kier alpha value is -0.780. The van der Waals surface area contributed by atoms with Gasteiger partial charge in [0.1, 0.15) is 5.82 Å². The van der Waals surface area contributed by atoms with E-state index in [-0.39, 0.29) is 12.1 Å². The molecule has 4 nitrogen and oxygen atoms in total. The van der Waals surface area contributed by atoms with Crippen LogP contribution in [0.3, 0.4) is 0 Å². The zero-order valence-corrected chi connectivity index (χ0v) is 10.2. The minimum Gasteiger partial charge on any atom is -0.383 e. The Morgan fingerprint density at radius 3 is 3.06 bits per heavy atom. The summed E-state index contributed by atoms with van der Waals surface area (Å²) >= 11 is 1.87. The molecule has 0 aliphatic carbocycles. The number of pyridine rings is 1. The first-order valence-corrected chi connectivity index (χ1v) is 6.51. The molecule has 16 heavy (non-hydrogen) atoms. The second-order valence-electron chi connectivity index (χ2n) is 3.94. The highest BCUT2D eigenvalue weighted by atomic mass is 32.2. The van der Waals surface area contributed by atoms with Crippen molar-refractivity contribution in [3.05, 3.63) is 23.4 Å². The third-order valence-corrected chi connectivity index (χ3v) is 3.83. The second-order valence-corrected chi connectivity index (χ2v) is 5.09. The zero-order valence-electron chi connectivity index (χ0n) is 9.35. The van der Waals surface area contributed by atoms with Crippen molar-refractivity contribution in [2.75, 3.05) is 23.8 Å². The molecule has 0 bridgehead atoms. The lowest BCUT2D eigenvalue weighted by Gasteiger charge is -2.29. The molecule has 4 N–H and O–H groups in total. The lowest BCUT2D eigenvalue weighted by molar-refractivity contribution is 0.0569. The molecule has 1 aromatic rings. The predicted molar refractivity (Wildman–Crippen MR) is 67.4 cm³/mol. The average Bonchev–Trinajstić information content (AvgIpc) is 2.30. The fraction of sp³-hybridized carbons (Fsp3) is 0.545. The fourth-order valence-corrected chi connectivity index (χ4v) is 2.84. The summed E-state index contributed by atoms with van der Waals surface area (Å²) in [7, 11) is 0. The second kappa shape index (κ2) is 5.03. The molecule has 5 heteroatoms. The number of nitrogens with zero attached hydrogens (tertiary/aromatic N) is 1. The van der Waals surface area contributed by atoms with E-state index in [4.69, 9.17) is 16.2 Å². The number of ether oxygens (including phenoxy) is 1. The van der Waals surface area contributed by atoms with Crippen molar-refractivity contribution < 1.29 is 4.74 Å². The molecule has 0 aromatic carbocycles. The van der Waals surface area contributed by atoms with Crippen LogP contribution in [0.1, 0.15) is 17.2 Å². The van der Waals surface area contributed by atoms with Crippen molar-refractivity contribution in [3.8, 4) is 0 Å². The first kappa shape index (κ1) is 11.7. The molecular formula is C11H17N3OS. The van der Waals surface area contributed by atoms with Gasteiger partial charge in [0.05, 0.1) is 18.8 Å². The van der Waals surface area contributed by atoms with Gasteiger partial charge in [-0.05, 0) is 18.6 Å². The number of nitrogens with two attached hydrogens (primary N) is 2. The molecular weight excluding hydrogens is 222 g/mol. The van der Waals surface area contributed by atoms with Crippen LogP contribution in [0.5, 0.6) is 0 Å². The van der Waals surface area contributed by atoms with E-state index >= 15 is 0 Å². The van der Waals surface area contributed by atoms with Crippen molar-refractivity contribution in [1.82, 2.24) is 4.98 Å². The van der Waals surface area contributed by atoms with E-state index in [1.807, 2.05) is 24.8 Å². The molecule has 2 unspecified atom stereocenters. The van der Waals surface area contributed by atoms with Gasteiger partial charge in [-0.1, -0.05) is 0 Å². The third-order valence-electron chi connectivity index (χ3n) is 2.81. The van der Waals surface area contributed by atoms with Crippen LogP contribution in [-0.2, 0) is 4.74 Å². The number of anilines is 1. The van der Waals surface area contributed by atoms with Gasteiger partial charge in [-0.2, -0.15) is 11.8 Å². The van der Waals surface area contributed by atoms with E-state index in [0.717, 1.165) is 29.2 Å². The molecule has 1 fully saturated rings. The van der Waals surface area contributed by atoms with Gasteiger partial charge >= 0.3 is 0 Å². The summed E-state index contributed by atoms with van der Waals surface area (Å²) < 4.78 is 5.67. The minimum absolute atomic E-state index is 0.0453. The summed E-state index contributed by atoms with van der Waals surface area (Å²) in [5.41, 5.74) is 14.1. The Morgan fingerprint density at radius 1 is 1.62 bits per heavy atom. The highest BCUT2D eigenvalue weighted by molar-refractivity contribution is 7.99. The number of thioether (sulfide) groups is 1. The van der Waals surface area contributed by atoms with Crippen LogP contribution in [0.2, 0.25) is 0 Å². The van der Waals surface area contributed by atoms with Crippen LogP contribution in [0.15, 0.2) is 12.3 Å². The predicted octanol–water partition coefficient (Wildman–Crippen LogP) is 1.10. The van der Waals surface area contributed by atoms with Crippen molar-refractivity contribution in [2.45, 2.75) is 19.1 Å². The average molecular weight is 239 g/mol. The maximum atomic E-state index is 6.21. The van der Waals surface area contributed by atoms with Gasteiger partial charge in [0.15, 0.2) is 0 Å². The normalized spacial score (nSPS) is 23.0. The molecule has 88 valence electrons. The van der Waals surface area contributed by atoms with Gasteiger partial charge < -0.3 is 16.2 Å². The number of aromatic nitrogens is 1. The van der Waals surface area contributed by atoms with Crippen LogP contribution in [0.25, 0.3) is 0 Å². The van der Waals surface area contributed by atoms with Crippen LogP contribution >= 0.6 is 11.8 Å². The lowest BCUT2D eigenvalue weighted by atomic mass is 9.99. The van der Waals surface area contributed by atoms with Gasteiger partial charge in [0.25, 0.3) is 0 Å². The topological polar surface area (TPSA) is 74.2 Å². The molecule has 1 aromatic heterocycles. The maximum absolute atomic E-state index is 6.21. The molecule has 1 saturated heterocycles. The van der Waals surface area contributed by atoms with Gasteiger partial charge in [-0.3, -0.25) is 0 Å². The summed E-state index contributed by atoms with van der Waals surface area (Å²) in [5, 5.41) is 0. The number of hydrogen-bond acceptors (Lipinski definition) is 5. The minimum atomic E-state index is -0.179. The molecule has 2 rings (SSSR count). The molecule has 0 radical (unpaired) electrons. The van der Waals surface area contributed by atoms with Gasteiger partial charge in [-0.15, -0.1) is 0 Å². The third kappa shape index (κ3) is 2.31. The Morgan fingerprint density at radius 2 is 2.44 bits per heavy atom. The summed E-state index contributed by atoms with van der Waals surface area (Å²) in [6, 6.07) is 1.75. The van der Waals surface area contributed by atoms with Gasteiger partial charge in [0.2, 0.25) is 0 Å². The van der Waals surface area contributed by atoms with E-state index < -0.39 is 0 Å².